The summed E-state index contributed by atoms with van der Waals surface area (Å²) < 4.78 is 0. The zero-order chi connectivity index (χ0) is 10.2. The minimum Gasteiger partial charge on any atom is -0.384 e. The Bertz CT molecular complexity index is 381. The molecule has 0 fully saturated rings. The molecule has 0 amide bonds. The molecule has 1 rings (SSSR count). The first kappa shape index (κ1) is 10.0. The normalized spacial score (nSPS) is 8.29. The fourth-order valence-corrected chi connectivity index (χ4v) is 0.818. The van der Waals surface area contributed by atoms with Gasteiger partial charge >= 0.3 is 0 Å². The molecular formula is C10H9N3O. The molecule has 0 unspecified atom stereocenters. The van der Waals surface area contributed by atoms with Crippen molar-refractivity contribution >= 4 is 5.82 Å². The van der Waals surface area contributed by atoms with Gasteiger partial charge in [0, 0.05) is 6.20 Å². The van der Waals surface area contributed by atoms with Crippen LogP contribution in [0, 0.1) is 23.2 Å². The quantitative estimate of drug-likeness (QED) is 0.656. The van der Waals surface area contributed by atoms with Gasteiger partial charge in [0.15, 0.2) is 0 Å². The van der Waals surface area contributed by atoms with Crippen molar-refractivity contribution in [2.75, 3.05) is 18.5 Å². The van der Waals surface area contributed by atoms with Crippen LogP contribution in [0.15, 0.2) is 18.3 Å². The highest BCUT2D eigenvalue weighted by atomic mass is 16.2. The van der Waals surface area contributed by atoms with Crippen LogP contribution in [0.1, 0.15) is 5.56 Å². The van der Waals surface area contributed by atoms with Crippen molar-refractivity contribution in [2.24, 2.45) is 0 Å². The molecular weight excluding hydrogens is 178 g/mol. The molecule has 0 aliphatic heterocycles. The van der Waals surface area contributed by atoms with Crippen LogP contribution >= 0.6 is 0 Å². The van der Waals surface area contributed by atoms with E-state index in [-0.39, 0.29) is 6.61 Å². The smallest absolute Gasteiger partial charge is 0.126 e. The summed E-state index contributed by atoms with van der Waals surface area (Å²) in [5.41, 5.74) is 0.525. The van der Waals surface area contributed by atoms with Crippen molar-refractivity contribution in [2.45, 2.75) is 0 Å². The third-order valence-electron chi connectivity index (χ3n) is 1.45. The Morgan fingerprint density at radius 1 is 1.43 bits per heavy atom. The average Bonchev–Trinajstić information content (AvgIpc) is 2.25. The molecule has 0 saturated carbocycles. The van der Waals surface area contributed by atoms with Gasteiger partial charge in [-0.25, -0.2) is 4.98 Å². The van der Waals surface area contributed by atoms with E-state index in [0.29, 0.717) is 17.9 Å². The molecule has 2 N–H and O–H groups in total. The van der Waals surface area contributed by atoms with Crippen molar-refractivity contribution in [3.05, 3.63) is 23.9 Å². The largest absolute Gasteiger partial charge is 0.384 e. The predicted molar refractivity (Wildman–Crippen MR) is 52.3 cm³/mol. The SMILES string of the molecule is N#Cc1ccc(NCC#CCO)nc1. The maximum Gasteiger partial charge on any atom is 0.126 e. The topological polar surface area (TPSA) is 68.9 Å². The Morgan fingerprint density at radius 3 is 2.86 bits per heavy atom. The van der Waals surface area contributed by atoms with Crippen LogP contribution in [0.5, 0.6) is 0 Å². The Hall–Kier alpha value is -2.04. The van der Waals surface area contributed by atoms with E-state index in [4.69, 9.17) is 10.4 Å². The summed E-state index contributed by atoms with van der Waals surface area (Å²) in [5, 5.41) is 19.8. The summed E-state index contributed by atoms with van der Waals surface area (Å²) in [4.78, 5) is 3.98. The number of hydrogen-bond donors (Lipinski definition) is 2. The van der Waals surface area contributed by atoms with E-state index in [1.54, 1.807) is 12.1 Å². The Balaban J connectivity index is 2.49. The molecule has 0 radical (unpaired) electrons. The minimum atomic E-state index is -0.136. The number of nitrogens with zero attached hydrogens (tertiary/aromatic N) is 2. The highest BCUT2D eigenvalue weighted by Crippen LogP contribution is 2.02. The predicted octanol–water partition coefficient (Wildman–Crippen LogP) is 0.361. The maximum absolute atomic E-state index is 8.51. The van der Waals surface area contributed by atoms with Gasteiger partial charge in [0.1, 0.15) is 18.5 Å². The molecule has 14 heavy (non-hydrogen) atoms. The molecule has 0 spiro atoms. The van der Waals surface area contributed by atoms with E-state index in [1.807, 2.05) is 6.07 Å². The Morgan fingerprint density at radius 2 is 2.29 bits per heavy atom. The van der Waals surface area contributed by atoms with Crippen molar-refractivity contribution < 1.29 is 5.11 Å². The number of aliphatic hydroxyl groups excluding tert-OH is 1. The van der Waals surface area contributed by atoms with Gasteiger partial charge < -0.3 is 10.4 Å². The van der Waals surface area contributed by atoms with Crippen molar-refractivity contribution in [1.82, 2.24) is 4.98 Å². The molecule has 1 aromatic heterocycles. The zero-order valence-corrected chi connectivity index (χ0v) is 7.49. The van der Waals surface area contributed by atoms with Crippen LogP contribution < -0.4 is 5.32 Å². The first-order chi connectivity index (χ1) is 6.86. The third kappa shape index (κ3) is 3.14. The van der Waals surface area contributed by atoms with Crippen LogP contribution in [0.2, 0.25) is 0 Å². The maximum atomic E-state index is 8.51. The number of rotatable bonds is 2. The van der Waals surface area contributed by atoms with E-state index in [0.717, 1.165) is 0 Å². The fraction of sp³-hybridized carbons (Fsp3) is 0.200. The molecule has 0 atom stereocenters. The van der Waals surface area contributed by atoms with Gasteiger partial charge in [0.2, 0.25) is 0 Å². The summed E-state index contributed by atoms with van der Waals surface area (Å²) in [5.74, 6) is 5.86. The number of nitrogens with one attached hydrogen (secondary N) is 1. The molecule has 70 valence electrons. The van der Waals surface area contributed by atoms with Gasteiger partial charge in [-0.05, 0) is 12.1 Å². The van der Waals surface area contributed by atoms with Crippen LogP contribution in [0.3, 0.4) is 0 Å². The minimum absolute atomic E-state index is 0.136. The van der Waals surface area contributed by atoms with E-state index < -0.39 is 0 Å². The number of anilines is 1. The summed E-state index contributed by atoms with van der Waals surface area (Å²) in [6.07, 6.45) is 1.49. The second-order valence-corrected chi connectivity index (χ2v) is 2.41. The van der Waals surface area contributed by atoms with Gasteiger partial charge in [0.05, 0.1) is 12.1 Å². The summed E-state index contributed by atoms with van der Waals surface area (Å²) in [6, 6.07) is 5.36. The molecule has 0 aliphatic carbocycles. The van der Waals surface area contributed by atoms with Crippen LogP contribution in [0.25, 0.3) is 0 Å². The number of aliphatic hydroxyl groups is 1. The number of aromatic nitrogens is 1. The second-order valence-electron chi connectivity index (χ2n) is 2.41. The molecule has 0 aromatic carbocycles. The molecule has 0 aliphatic rings. The molecule has 4 nitrogen and oxygen atoms in total. The van der Waals surface area contributed by atoms with E-state index in [1.165, 1.54) is 6.20 Å². The fourth-order valence-electron chi connectivity index (χ4n) is 0.818. The van der Waals surface area contributed by atoms with Crippen LogP contribution in [-0.4, -0.2) is 23.2 Å². The van der Waals surface area contributed by atoms with Crippen molar-refractivity contribution in [3.63, 3.8) is 0 Å². The third-order valence-corrected chi connectivity index (χ3v) is 1.45. The van der Waals surface area contributed by atoms with E-state index in [9.17, 15) is 0 Å². The Kier molecular flexibility index (Phi) is 4.00. The Labute approximate surface area is 82.2 Å². The lowest BCUT2D eigenvalue weighted by Crippen LogP contribution is -2.00. The second kappa shape index (κ2) is 5.58. The van der Waals surface area contributed by atoms with E-state index >= 15 is 0 Å². The lowest BCUT2D eigenvalue weighted by Gasteiger charge is -1.99. The van der Waals surface area contributed by atoms with E-state index in [2.05, 4.69) is 22.1 Å². The van der Waals surface area contributed by atoms with Gasteiger partial charge in [-0.3, -0.25) is 0 Å². The average molecular weight is 187 g/mol. The lowest BCUT2D eigenvalue weighted by molar-refractivity contribution is 0.350. The molecule has 4 heteroatoms. The molecule has 0 bridgehead atoms. The number of hydrogen-bond acceptors (Lipinski definition) is 4. The highest BCUT2D eigenvalue weighted by Gasteiger charge is 1.91. The molecule has 1 heterocycles. The van der Waals surface area contributed by atoms with Crippen molar-refractivity contribution in [1.29, 1.82) is 5.26 Å². The lowest BCUT2D eigenvalue weighted by atomic mass is 10.3. The van der Waals surface area contributed by atoms with Gasteiger partial charge in [-0.1, -0.05) is 11.8 Å². The zero-order valence-electron chi connectivity index (χ0n) is 7.49. The molecule has 0 saturated heterocycles. The summed E-state index contributed by atoms with van der Waals surface area (Å²) in [7, 11) is 0. The number of pyridine rings is 1. The first-order valence-corrected chi connectivity index (χ1v) is 4.03. The monoisotopic (exact) mass is 187 g/mol. The standard InChI is InChI=1S/C10H9N3O/c11-7-9-3-4-10(13-8-9)12-5-1-2-6-14/h3-4,8,14H,5-6H2,(H,12,13). The van der Waals surface area contributed by atoms with Crippen LogP contribution in [-0.2, 0) is 0 Å². The first-order valence-electron chi connectivity index (χ1n) is 4.03. The summed E-state index contributed by atoms with van der Waals surface area (Å²) in [6.45, 7) is 0.294. The highest BCUT2D eigenvalue weighted by molar-refractivity contribution is 5.39. The van der Waals surface area contributed by atoms with Gasteiger partial charge in [-0.2, -0.15) is 5.26 Å². The van der Waals surface area contributed by atoms with Gasteiger partial charge in [-0.15, -0.1) is 0 Å². The van der Waals surface area contributed by atoms with Crippen LogP contribution in [0.4, 0.5) is 5.82 Å². The molecule has 1 aromatic rings. The number of nitriles is 1. The van der Waals surface area contributed by atoms with Crippen molar-refractivity contribution in [3.8, 4) is 17.9 Å². The van der Waals surface area contributed by atoms with Gasteiger partial charge in [0.25, 0.3) is 0 Å². The summed E-state index contributed by atoms with van der Waals surface area (Å²) >= 11 is 0.